The Morgan fingerprint density at radius 2 is 2.19 bits per heavy atom. The predicted molar refractivity (Wildman–Crippen MR) is 80.0 cm³/mol. The molecule has 1 aromatic carbocycles. The van der Waals surface area contributed by atoms with Crippen LogP contribution in [0.2, 0.25) is 5.15 Å². The third-order valence-electron chi connectivity index (χ3n) is 2.84. The molecular weight excluding hydrogens is 337 g/mol. The molecule has 0 amide bonds. The summed E-state index contributed by atoms with van der Waals surface area (Å²) < 4.78 is 41.9. The molecule has 0 aliphatic carbocycles. The molecule has 5 nitrogen and oxygen atoms in total. The van der Waals surface area contributed by atoms with Crippen LogP contribution in [0.1, 0.15) is 5.56 Å². The zero-order valence-corrected chi connectivity index (χ0v) is 13.1. The largest absolute Gasteiger partial charge is 0.281 e. The minimum atomic E-state index is -3.92. The van der Waals surface area contributed by atoms with Gasteiger partial charge in [0.05, 0.1) is 0 Å². The van der Waals surface area contributed by atoms with Crippen molar-refractivity contribution in [1.29, 1.82) is 0 Å². The molecule has 0 atom stereocenters. The van der Waals surface area contributed by atoms with Crippen LogP contribution in [0.15, 0.2) is 34.8 Å². The number of sulfonamides is 1. The molecule has 2 heterocycles. The Labute approximate surface area is 129 Å². The van der Waals surface area contributed by atoms with E-state index >= 15 is 0 Å². The van der Waals surface area contributed by atoms with Crippen molar-refractivity contribution in [1.82, 2.24) is 9.38 Å². The standard InChI is InChI=1S/C12H9ClFN3O2S2/c1-7-6-8(2-3-9(7)14)16-21(18,19)11-10(13)15-12-17(11)4-5-20-12/h2-6,16H,1H3. The summed E-state index contributed by atoms with van der Waals surface area (Å²) >= 11 is 7.19. The fraction of sp³-hybridized carbons (Fsp3) is 0.0833. The van der Waals surface area contributed by atoms with Gasteiger partial charge in [0.1, 0.15) is 5.82 Å². The number of aromatic nitrogens is 2. The smallest absolute Gasteiger partial charge is 0.278 e. The first kappa shape index (κ1) is 14.3. The molecule has 2 aromatic heterocycles. The van der Waals surface area contributed by atoms with E-state index in [-0.39, 0.29) is 15.9 Å². The molecule has 0 aliphatic heterocycles. The molecule has 110 valence electrons. The number of hydrogen-bond acceptors (Lipinski definition) is 4. The first-order valence-corrected chi connectivity index (χ1v) is 8.52. The van der Waals surface area contributed by atoms with Crippen molar-refractivity contribution in [3.63, 3.8) is 0 Å². The molecule has 3 aromatic rings. The second kappa shape index (κ2) is 4.97. The summed E-state index contributed by atoms with van der Waals surface area (Å²) in [7, 11) is -3.92. The molecule has 1 N–H and O–H groups in total. The quantitative estimate of drug-likeness (QED) is 0.792. The van der Waals surface area contributed by atoms with Crippen molar-refractivity contribution in [2.75, 3.05) is 4.72 Å². The first-order chi connectivity index (χ1) is 9.88. The maximum Gasteiger partial charge on any atom is 0.281 e. The second-order valence-electron chi connectivity index (χ2n) is 4.33. The van der Waals surface area contributed by atoms with Crippen LogP contribution in [-0.4, -0.2) is 17.8 Å². The molecule has 9 heteroatoms. The third-order valence-corrected chi connectivity index (χ3v) is 5.38. The minimum Gasteiger partial charge on any atom is -0.278 e. The van der Waals surface area contributed by atoms with Gasteiger partial charge < -0.3 is 0 Å². The number of benzene rings is 1. The Bertz CT molecular complexity index is 933. The van der Waals surface area contributed by atoms with Gasteiger partial charge in [-0.15, -0.1) is 11.3 Å². The van der Waals surface area contributed by atoms with Gasteiger partial charge in [0.15, 0.2) is 15.1 Å². The molecule has 0 fully saturated rings. The van der Waals surface area contributed by atoms with Gasteiger partial charge in [-0.2, -0.15) is 8.42 Å². The highest BCUT2D eigenvalue weighted by Crippen LogP contribution is 2.27. The van der Waals surface area contributed by atoms with E-state index in [9.17, 15) is 12.8 Å². The lowest BCUT2D eigenvalue weighted by molar-refractivity contribution is 0.596. The Morgan fingerprint density at radius 3 is 2.90 bits per heavy atom. The highest BCUT2D eigenvalue weighted by atomic mass is 35.5. The van der Waals surface area contributed by atoms with Gasteiger partial charge in [-0.1, -0.05) is 11.6 Å². The van der Waals surface area contributed by atoms with E-state index in [1.807, 2.05) is 0 Å². The number of imidazole rings is 1. The van der Waals surface area contributed by atoms with Crippen molar-refractivity contribution in [2.45, 2.75) is 11.9 Å². The summed E-state index contributed by atoms with van der Waals surface area (Å²) in [6, 6.07) is 3.96. The summed E-state index contributed by atoms with van der Waals surface area (Å²) in [6.07, 6.45) is 1.57. The number of nitrogens with zero attached hydrogens (tertiary/aromatic N) is 2. The van der Waals surface area contributed by atoms with E-state index in [0.29, 0.717) is 10.5 Å². The monoisotopic (exact) mass is 345 g/mol. The number of rotatable bonds is 3. The summed E-state index contributed by atoms with van der Waals surface area (Å²) in [5, 5.41) is 1.47. The van der Waals surface area contributed by atoms with Gasteiger partial charge in [0.2, 0.25) is 0 Å². The van der Waals surface area contributed by atoms with Gasteiger partial charge in [-0.25, -0.2) is 9.37 Å². The number of fused-ring (bicyclic) bond motifs is 1. The van der Waals surface area contributed by atoms with E-state index in [0.717, 1.165) is 0 Å². The van der Waals surface area contributed by atoms with E-state index in [4.69, 9.17) is 11.6 Å². The zero-order valence-electron chi connectivity index (χ0n) is 10.7. The lowest BCUT2D eigenvalue weighted by Gasteiger charge is -2.08. The van der Waals surface area contributed by atoms with Crippen molar-refractivity contribution in [3.05, 3.63) is 46.3 Å². The summed E-state index contributed by atoms with van der Waals surface area (Å²) in [4.78, 5) is 4.46. The van der Waals surface area contributed by atoms with Crippen LogP contribution in [0.3, 0.4) is 0 Å². The number of anilines is 1. The van der Waals surface area contributed by atoms with Crippen LogP contribution in [0, 0.1) is 12.7 Å². The molecule has 3 rings (SSSR count). The molecule has 0 bridgehead atoms. The van der Waals surface area contributed by atoms with E-state index in [1.165, 1.54) is 33.9 Å². The number of thiazole rings is 1. The van der Waals surface area contributed by atoms with Crippen LogP contribution < -0.4 is 4.72 Å². The first-order valence-electron chi connectivity index (χ1n) is 5.78. The van der Waals surface area contributed by atoms with Gasteiger partial charge in [0.25, 0.3) is 10.0 Å². The van der Waals surface area contributed by atoms with Crippen LogP contribution >= 0.6 is 22.9 Å². The molecule has 0 radical (unpaired) electrons. The normalized spacial score (nSPS) is 12.0. The molecule has 21 heavy (non-hydrogen) atoms. The number of halogens is 2. The van der Waals surface area contributed by atoms with Gasteiger partial charge >= 0.3 is 0 Å². The van der Waals surface area contributed by atoms with E-state index in [1.54, 1.807) is 18.5 Å². The predicted octanol–water partition coefficient (Wildman–Crippen LogP) is 3.30. The average molecular weight is 346 g/mol. The average Bonchev–Trinajstić information content (AvgIpc) is 2.92. The van der Waals surface area contributed by atoms with Gasteiger partial charge in [-0.05, 0) is 30.7 Å². The lowest BCUT2D eigenvalue weighted by atomic mass is 10.2. The van der Waals surface area contributed by atoms with Crippen molar-refractivity contribution < 1.29 is 12.8 Å². The van der Waals surface area contributed by atoms with E-state index in [2.05, 4.69) is 9.71 Å². The lowest BCUT2D eigenvalue weighted by Crippen LogP contribution is -2.15. The summed E-state index contributed by atoms with van der Waals surface area (Å²) in [6.45, 7) is 1.55. The van der Waals surface area contributed by atoms with Crippen LogP contribution in [0.5, 0.6) is 0 Å². The van der Waals surface area contributed by atoms with Crippen molar-refractivity contribution >= 4 is 43.6 Å². The van der Waals surface area contributed by atoms with Crippen LogP contribution in [0.25, 0.3) is 4.96 Å². The Hall–Kier alpha value is -1.64. The Kier molecular flexibility index (Phi) is 3.39. The number of nitrogens with one attached hydrogen (secondary N) is 1. The van der Waals surface area contributed by atoms with Crippen molar-refractivity contribution in [2.24, 2.45) is 0 Å². The fourth-order valence-electron chi connectivity index (χ4n) is 1.89. The number of hydrogen-bond donors (Lipinski definition) is 1. The highest BCUT2D eigenvalue weighted by molar-refractivity contribution is 7.92. The molecule has 0 saturated heterocycles. The molecule has 0 unspecified atom stereocenters. The van der Waals surface area contributed by atoms with Crippen LogP contribution in [0.4, 0.5) is 10.1 Å². The Morgan fingerprint density at radius 1 is 1.43 bits per heavy atom. The maximum absolute atomic E-state index is 13.2. The molecule has 0 saturated carbocycles. The third kappa shape index (κ3) is 2.50. The Balaban J connectivity index is 2.06. The topological polar surface area (TPSA) is 63.5 Å². The fourth-order valence-corrected chi connectivity index (χ4v) is 4.40. The highest BCUT2D eigenvalue weighted by Gasteiger charge is 2.25. The zero-order chi connectivity index (χ0) is 15.2. The van der Waals surface area contributed by atoms with Gasteiger partial charge in [-0.3, -0.25) is 9.12 Å². The van der Waals surface area contributed by atoms with Crippen LogP contribution in [-0.2, 0) is 10.0 Å². The number of aryl methyl sites for hydroxylation is 1. The van der Waals surface area contributed by atoms with E-state index < -0.39 is 15.8 Å². The molecule has 0 aliphatic rings. The molecular formula is C12H9ClFN3O2S2. The molecule has 0 spiro atoms. The second-order valence-corrected chi connectivity index (χ2v) is 7.16. The minimum absolute atomic E-state index is 0.104. The summed E-state index contributed by atoms with van der Waals surface area (Å²) in [5.41, 5.74) is 0.602. The van der Waals surface area contributed by atoms with Gasteiger partial charge in [0, 0.05) is 17.3 Å². The van der Waals surface area contributed by atoms with Crippen molar-refractivity contribution in [3.8, 4) is 0 Å². The summed E-state index contributed by atoms with van der Waals surface area (Å²) in [5.74, 6) is -0.402. The maximum atomic E-state index is 13.2. The SMILES string of the molecule is Cc1cc(NS(=O)(=O)c2c(Cl)nc3sccn23)ccc1F.